The number of aryl methyl sites for hydroxylation is 1. The van der Waals surface area contributed by atoms with Crippen molar-refractivity contribution in [3.63, 3.8) is 0 Å². The van der Waals surface area contributed by atoms with Crippen LogP contribution in [0, 0.1) is 6.92 Å². The van der Waals surface area contributed by atoms with Gasteiger partial charge in [-0.3, -0.25) is 4.79 Å². The molecule has 0 amide bonds. The van der Waals surface area contributed by atoms with E-state index >= 15 is 0 Å². The second kappa shape index (κ2) is 4.60. The van der Waals surface area contributed by atoms with Crippen LogP contribution in [0.25, 0.3) is 0 Å². The van der Waals surface area contributed by atoms with Gasteiger partial charge in [-0.2, -0.15) is 0 Å². The molecule has 1 unspecified atom stereocenters. The van der Waals surface area contributed by atoms with Crippen molar-refractivity contribution in [2.45, 2.75) is 26.3 Å². The fourth-order valence-electron chi connectivity index (χ4n) is 1.21. The zero-order chi connectivity index (χ0) is 10.6. The van der Waals surface area contributed by atoms with Crippen molar-refractivity contribution < 1.29 is 0 Å². The first-order chi connectivity index (χ1) is 6.61. The van der Waals surface area contributed by atoms with Crippen LogP contribution in [-0.4, -0.2) is 16.0 Å². The highest BCUT2D eigenvalue weighted by Crippen LogP contribution is 2.03. The van der Waals surface area contributed by atoms with Crippen LogP contribution >= 0.6 is 0 Å². The van der Waals surface area contributed by atoms with Crippen LogP contribution in [0.15, 0.2) is 23.5 Å². The molecule has 0 radical (unpaired) electrons. The molecule has 1 atom stereocenters. The molecule has 4 heteroatoms. The SMILES string of the molecule is C=CCC(C)Nc1cc(=O)[nH]c(C)n1. The maximum Gasteiger partial charge on any atom is 0.252 e. The summed E-state index contributed by atoms with van der Waals surface area (Å²) in [6.45, 7) is 7.42. The molecule has 0 aliphatic carbocycles. The molecule has 0 aromatic carbocycles. The Kier molecular flexibility index (Phi) is 3.45. The van der Waals surface area contributed by atoms with E-state index in [1.54, 1.807) is 6.92 Å². The van der Waals surface area contributed by atoms with E-state index in [2.05, 4.69) is 21.9 Å². The van der Waals surface area contributed by atoms with E-state index in [9.17, 15) is 4.79 Å². The predicted molar refractivity (Wildman–Crippen MR) is 57.5 cm³/mol. The molecule has 0 aliphatic heterocycles. The highest BCUT2D eigenvalue weighted by atomic mass is 16.1. The summed E-state index contributed by atoms with van der Waals surface area (Å²) in [6, 6.07) is 1.69. The van der Waals surface area contributed by atoms with Gasteiger partial charge in [0.15, 0.2) is 0 Å². The van der Waals surface area contributed by atoms with E-state index in [0.717, 1.165) is 6.42 Å². The Bertz CT molecular complexity index is 370. The molecule has 1 heterocycles. The highest BCUT2D eigenvalue weighted by Gasteiger charge is 2.01. The summed E-state index contributed by atoms with van der Waals surface area (Å²) in [6.07, 6.45) is 2.67. The van der Waals surface area contributed by atoms with Crippen molar-refractivity contribution in [1.82, 2.24) is 9.97 Å². The molecule has 0 saturated heterocycles. The van der Waals surface area contributed by atoms with Crippen molar-refractivity contribution in [2.75, 3.05) is 5.32 Å². The van der Waals surface area contributed by atoms with Crippen molar-refractivity contribution >= 4 is 5.82 Å². The normalized spacial score (nSPS) is 12.1. The summed E-state index contributed by atoms with van der Waals surface area (Å²) >= 11 is 0. The van der Waals surface area contributed by atoms with Gasteiger partial charge < -0.3 is 10.3 Å². The van der Waals surface area contributed by atoms with Gasteiger partial charge in [0.1, 0.15) is 11.6 Å². The van der Waals surface area contributed by atoms with E-state index in [-0.39, 0.29) is 11.6 Å². The van der Waals surface area contributed by atoms with Crippen LogP contribution < -0.4 is 10.9 Å². The minimum absolute atomic E-state index is 0.134. The molecule has 76 valence electrons. The Morgan fingerprint density at radius 2 is 2.50 bits per heavy atom. The number of rotatable bonds is 4. The number of nitrogens with one attached hydrogen (secondary N) is 2. The second-order valence-electron chi connectivity index (χ2n) is 3.29. The summed E-state index contributed by atoms with van der Waals surface area (Å²) < 4.78 is 0. The first-order valence-electron chi connectivity index (χ1n) is 4.57. The van der Waals surface area contributed by atoms with Crippen LogP contribution in [0.5, 0.6) is 0 Å². The maximum absolute atomic E-state index is 11.1. The van der Waals surface area contributed by atoms with Crippen LogP contribution in [-0.2, 0) is 0 Å². The van der Waals surface area contributed by atoms with Gasteiger partial charge in [-0.05, 0) is 20.3 Å². The van der Waals surface area contributed by atoms with E-state index in [1.165, 1.54) is 6.07 Å². The van der Waals surface area contributed by atoms with Gasteiger partial charge in [0, 0.05) is 12.1 Å². The summed E-state index contributed by atoms with van der Waals surface area (Å²) in [5.74, 6) is 1.23. The molecule has 4 nitrogen and oxygen atoms in total. The van der Waals surface area contributed by atoms with E-state index in [0.29, 0.717) is 11.6 Å². The number of aromatic amines is 1. The molecule has 0 fully saturated rings. The summed E-state index contributed by atoms with van der Waals surface area (Å²) in [7, 11) is 0. The monoisotopic (exact) mass is 193 g/mol. The molecule has 0 aliphatic rings. The van der Waals surface area contributed by atoms with Crippen LogP contribution in [0.3, 0.4) is 0 Å². The lowest BCUT2D eigenvalue weighted by Gasteiger charge is -2.11. The molecule has 1 rings (SSSR count). The third kappa shape index (κ3) is 3.05. The van der Waals surface area contributed by atoms with Gasteiger partial charge in [-0.15, -0.1) is 6.58 Å². The van der Waals surface area contributed by atoms with E-state index in [1.807, 2.05) is 13.0 Å². The number of anilines is 1. The highest BCUT2D eigenvalue weighted by molar-refractivity contribution is 5.34. The Balaban J connectivity index is 2.76. The van der Waals surface area contributed by atoms with Crippen LogP contribution in [0.4, 0.5) is 5.82 Å². The quantitative estimate of drug-likeness (QED) is 0.712. The third-order valence-corrected chi connectivity index (χ3v) is 1.77. The molecule has 0 spiro atoms. The van der Waals surface area contributed by atoms with Gasteiger partial charge in [-0.25, -0.2) is 4.98 Å². The number of hydrogen-bond donors (Lipinski definition) is 2. The van der Waals surface area contributed by atoms with Gasteiger partial charge in [0.25, 0.3) is 5.56 Å². The lowest BCUT2D eigenvalue weighted by Crippen LogP contribution is -2.18. The van der Waals surface area contributed by atoms with Gasteiger partial charge >= 0.3 is 0 Å². The first-order valence-corrected chi connectivity index (χ1v) is 4.57. The minimum Gasteiger partial charge on any atom is -0.367 e. The van der Waals surface area contributed by atoms with E-state index in [4.69, 9.17) is 0 Å². The number of nitrogens with zero attached hydrogens (tertiary/aromatic N) is 1. The standard InChI is InChI=1S/C10H15N3O/c1-4-5-7(2)11-9-6-10(14)13-8(3)12-9/h4,6-7H,1,5H2,2-3H3,(H2,11,12,13,14). The zero-order valence-corrected chi connectivity index (χ0v) is 8.50. The van der Waals surface area contributed by atoms with Gasteiger partial charge in [0.05, 0.1) is 0 Å². The molecule has 1 aromatic rings. The zero-order valence-electron chi connectivity index (χ0n) is 8.50. The number of hydrogen-bond acceptors (Lipinski definition) is 3. The molecule has 0 saturated carbocycles. The molecular formula is C10H15N3O. The molecule has 2 N–H and O–H groups in total. The fourth-order valence-corrected chi connectivity index (χ4v) is 1.21. The van der Waals surface area contributed by atoms with Crippen molar-refractivity contribution in [3.05, 3.63) is 34.9 Å². The third-order valence-electron chi connectivity index (χ3n) is 1.77. The molecule has 14 heavy (non-hydrogen) atoms. The average Bonchev–Trinajstić information content (AvgIpc) is 2.01. The maximum atomic E-state index is 11.1. The Morgan fingerprint density at radius 1 is 1.79 bits per heavy atom. The first kappa shape index (κ1) is 10.5. The molecule has 1 aromatic heterocycles. The topological polar surface area (TPSA) is 57.8 Å². The lowest BCUT2D eigenvalue weighted by atomic mass is 10.2. The smallest absolute Gasteiger partial charge is 0.252 e. The molecule has 0 bridgehead atoms. The number of H-pyrrole nitrogens is 1. The van der Waals surface area contributed by atoms with Gasteiger partial charge in [-0.1, -0.05) is 6.08 Å². The van der Waals surface area contributed by atoms with Crippen LogP contribution in [0.2, 0.25) is 0 Å². The fraction of sp³-hybridized carbons (Fsp3) is 0.400. The Labute approximate surface area is 83.1 Å². The summed E-state index contributed by atoms with van der Waals surface area (Å²) in [4.78, 5) is 17.8. The van der Waals surface area contributed by atoms with Crippen molar-refractivity contribution in [1.29, 1.82) is 0 Å². The average molecular weight is 193 g/mol. The van der Waals surface area contributed by atoms with Crippen LogP contribution in [0.1, 0.15) is 19.2 Å². The molecular weight excluding hydrogens is 178 g/mol. The van der Waals surface area contributed by atoms with Gasteiger partial charge in [0.2, 0.25) is 0 Å². The minimum atomic E-state index is -0.134. The Morgan fingerprint density at radius 3 is 3.07 bits per heavy atom. The number of aromatic nitrogens is 2. The van der Waals surface area contributed by atoms with E-state index < -0.39 is 0 Å². The second-order valence-corrected chi connectivity index (χ2v) is 3.29. The Hall–Kier alpha value is -1.58. The lowest BCUT2D eigenvalue weighted by molar-refractivity contribution is 0.802. The predicted octanol–water partition coefficient (Wildman–Crippen LogP) is 1.45. The summed E-state index contributed by atoms with van der Waals surface area (Å²) in [5, 5.41) is 3.12. The van der Waals surface area contributed by atoms with Crippen molar-refractivity contribution in [3.8, 4) is 0 Å². The van der Waals surface area contributed by atoms with Crippen molar-refractivity contribution in [2.24, 2.45) is 0 Å². The largest absolute Gasteiger partial charge is 0.367 e. The summed E-state index contributed by atoms with van der Waals surface area (Å²) in [5.41, 5.74) is -0.134.